The van der Waals surface area contributed by atoms with Crippen molar-refractivity contribution in [2.75, 3.05) is 0 Å². The minimum absolute atomic E-state index is 0.272. The van der Waals surface area contributed by atoms with Crippen molar-refractivity contribution in [3.63, 3.8) is 0 Å². The maximum absolute atomic E-state index is 12.4. The summed E-state index contributed by atoms with van der Waals surface area (Å²) in [6.07, 6.45) is -0.702. The molecule has 0 spiro atoms. The highest BCUT2D eigenvalue weighted by atomic mass is 16.6. The predicted molar refractivity (Wildman–Crippen MR) is 126 cm³/mol. The van der Waals surface area contributed by atoms with Crippen LogP contribution in [0.25, 0.3) is 12.2 Å². The van der Waals surface area contributed by atoms with Gasteiger partial charge in [-0.05, 0) is 47.5 Å². The van der Waals surface area contributed by atoms with Crippen LogP contribution in [0.1, 0.15) is 11.1 Å². The van der Waals surface area contributed by atoms with Gasteiger partial charge < -0.3 is 44.8 Å². The highest BCUT2D eigenvalue weighted by molar-refractivity contribution is 5.90. The van der Waals surface area contributed by atoms with E-state index in [0.29, 0.717) is 0 Å². The molecule has 1 heterocycles. The lowest BCUT2D eigenvalue weighted by atomic mass is 10.0. The van der Waals surface area contributed by atoms with E-state index in [1.807, 2.05) is 0 Å². The van der Waals surface area contributed by atoms with Crippen molar-refractivity contribution < 1.29 is 64.0 Å². The molecule has 38 heavy (non-hydrogen) atoms. The molecule has 1 aliphatic rings. The van der Waals surface area contributed by atoms with Gasteiger partial charge in [-0.1, -0.05) is 12.1 Å². The number of benzene rings is 2. The van der Waals surface area contributed by atoms with Crippen molar-refractivity contribution in [1.29, 1.82) is 0 Å². The molecule has 3 atom stereocenters. The minimum atomic E-state index is -2.06. The van der Waals surface area contributed by atoms with Crippen LogP contribution in [0.4, 0.5) is 0 Å². The van der Waals surface area contributed by atoms with Crippen LogP contribution in [0.5, 0.6) is 23.0 Å². The molecule has 1 aliphatic heterocycles. The molecule has 0 amide bonds. The molecular weight excluding hydrogens is 508 g/mol. The molecule has 3 unspecified atom stereocenters. The molecule has 0 fully saturated rings. The summed E-state index contributed by atoms with van der Waals surface area (Å²) >= 11 is 0. The number of hydrogen-bond donors (Lipinski definition) is 6. The Morgan fingerprint density at radius 3 is 1.68 bits per heavy atom. The van der Waals surface area contributed by atoms with Gasteiger partial charge in [0.2, 0.25) is 11.9 Å². The van der Waals surface area contributed by atoms with Gasteiger partial charge in [-0.15, -0.1) is 0 Å². The average Bonchev–Trinajstić information content (AvgIpc) is 2.86. The Labute approximate surface area is 213 Å². The number of rotatable bonds is 8. The largest absolute Gasteiger partial charge is 0.504 e. The fraction of sp³-hybridized carbons (Fsp3) is 0.120. The maximum Gasteiger partial charge on any atom is 0.370 e. The van der Waals surface area contributed by atoms with Crippen molar-refractivity contribution in [2.45, 2.75) is 18.3 Å². The lowest BCUT2D eigenvalue weighted by molar-refractivity contribution is -0.183. The van der Waals surface area contributed by atoms with Crippen molar-refractivity contribution in [3.8, 4) is 23.0 Å². The third kappa shape index (κ3) is 6.81. The molecule has 0 saturated carbocycles. The van der Waals surface area contributed by atoms with E-state index in [0.717, 1.165) is 36.4 Å². The van der Waals surface area contributed by atoms with Crippen LogP contribution >= 0.6 is 0 Å². The highest BCUT2D eigenvalue weighted by Gasteiger charge is 2.45. The number of esters is 2. The van der Waals surface area contributed by atoms with E-state index in [1.165, 1.54) is 30.4 Å². The third-order valence-electron chi connectivity index (χ3n) is 4.97. The van der Waals surface area contributed by atoms with Gasteiger partial charge in [0.1, 0.15) is 0 Å². The number of phenols is 4. The van der Waals surface area contributed by atoms with Gasteiger partial charge >= 0.3 is 23.9 Å². The molecule has 0 aromatic heterocycles. The number of carbonyl (C=O) groups is 4. The molecular formula is C25H20O13. The van der Waals surface area contributed by atoms with E-state index < -0.39 is 65.2 Å². The fourth-order valence-corrected chi connectivity index (χ4v) is 3.17. The summed E-state index contributed by atoms with van der Waals surface area (Å²) in [5.41, 5.74) is 0.552. The number of aliphatic carboxylic acids is 2. The van der Waals surface area contributed by atoms with E-state index in [2.05, 4.69) is 0 Å². The van der Waals surface area contributed by atoms with Crippen LogP contribution in [0.15, 0.2) is 60.4 Å². The smallest absolute Gasteiger partial charge is 0.370 e. The van der Waals surface area contributed by atoms with Crippen LogP contribution in [-0.4, -0.2) is 72.8 Å². The number of ether oxygens (including phenoxy) is 3. The van der Waals surface area contributed by atoms with Gasteiger partial charge in [0.15, 0.2) is 35.2 Å². The first-order chi connectivity index (χ1) is 17.9. The van der Waals surface area contributed by atoms with Gasteiger partial charge in [-0.2, -0.15) is 0 Å². The Balaban J connectivity index is 1.82. The van der Waals surface area contributed by atoms with E-state index in [-0.39, 0.29) is 16.9 Å². The van der Waals surface area contributed by atoms with Gasteiger partial charge in [-0.3, -0.25) is 0 Å². The molecule has 13 nitrogen and oxygen atoms in total. The number of carboxylic acid groups (broad SMARTS) is 2. The van der Waals surface area contributed by atoms with Gasteiger partial charge in [0.25, 0.3) is 0 Å². The molecule has 0 bridgehead atoms. The summed E-state index contributed by atoms with van der Waals surface area (Å²) in [4.78, 5) is 48.0. The first kappa shape index (κ1) is 27.1. The van der Waals surface area contributed by atoms with E-state index in [4.69, 9.17) is 14.2 Å². The zero-order valence-electron chi connectivity index (χ0n) is 19.1. The second-order valence-corrected chi connectivity index (χ2v) is 7.68. The molecule has 13 heteroatoms. The van der Waals surface area contributed by atoms with Gasteiger partial charge in [0, 0.05) is 18.2 Å². The highest BCUT2D eigenvalue weighted by Crippen LogP contribution is 2.27. The second-order valence-electron chi connectivity index (χ2n) is 7.68. The quantitative estimate of drug-likeness (QED) is 0.163. The molecule has 2 aromatic rings. The number of aromatic hydroxyl groups is 4. The van der Waals surface area contributed by atoms with Crippen LogP contribution < -0.4 is 0 Å². The molecule has 0 saturated heterocycles. The SMILES string of the molecule is O=C(C=Cc1ccc(O)c(O)c1)OC1C=C(C(=O)O)OC(C(=O)O)C1OC(=O)C=Cc1ccc(O)c(O)c1. The zero-order chi connectivity index (χ0) is 28.0. The van der Waals surface area contributed by atoms with Gasteiger partial charge in [-0.25, -0.2) is 19.2 Å². The Hall–Kier alpha value is -5.46. The Morgan fingerprint density at radius 1 is 0.737 bits per heavy atom. The normalized spacial score (nSPS) is 18.9. The summed E-state index contributed by atoms with van der Waals surface area (Å²) in [6.45, 7) is 0. The summed E-state index contributed by atoms with van der Waals surface area (Å²) < 4.78 is 15.2. The van der Waals surface area contributed by atoms with E-state index in [1.54, 1.807) is 0 Å². The molecule has 0 aliphatic carbocycles. The van der Waals surface area contributed by atoms with Crippen LogP contribution in [0.3, 0.4) is 0 Å². The summed E-state index contributed by atoms with van der Waals surface area (Å²) in [5, 5.41) is 56.6. The lowest BCUT2D eigenvalue weighted by Crippen LogP contribution is -2.50. The monoisotopic (exact) mass is 528 g/mol. The molecule has 6 N–H and O–H groups in total. The maximum atomic E-state index is 12.4. The summed E-state index contributed by atoms with van der Waals surface area (Å²) in [7, 11) is 0. The van der Waals surface area contributed by atoms with E-state index >= 15 is 0 Å². The topological polar surface area (TPSA) is 217 Å². The van der Waals surface area contributed by atoms with Crippen LogP contribution in [0.2, 0.25) is 0 Å². The number of hydrogen-bond acceptors (Lipinski definition) is 11. The van der Waals surface area contributed by atoms with Gasteiger partial charge in [0.05, 0.1) is 0 Å². The number of carbonyl (C=O) groups excluding carboxylic acids is 2. The van der Waals surface area contributed by atoms with Crippen LogP contribution in [-0.2, 0) is 33.4 Å². The number of carboxylic acids is 2. The summed E-state index contributed by atoms with van der Waals surface area (Å²) in [5.74, 6) is -8.14. The predicted octanol–water partition coefficient (Wildman–Crippen LogP) is 1.51. The Morgan fingerprint density at radius 2 is 1.24 bits per heavy atom. The Bertz CT molecular complexity index is 1360. The number of phenolic OH excluding ortho intramolecular Hbond substituents is 4. The van der Waals surface area contributed by atoms with Crippen LogP contribution in [0, 0.1) is 0 Å². The van der Waals surface area contributed by atoms with Crippen molar-refractivity contribution >= 4 is 36.0 Å². The molecule has 0 radical (unpaired) electrons. The lowest BCUT2D eigenvalue weighted by Gasteiger charge is -2.32. The summed E-state index contributed by atoms with van der Waals surface area (Å²) in [6, 6.07) is 7.32. The van der Waals surface area contributed by atoms with Crippen molar-refractivity contribution in [3.05, 3.63) is 71.5 Å². The standard InChI is InChI=1S/C25H20O13/c26-14-5-1-12(9-16(14)28)3-7-20(30)36-18-11-19(24(32)33)37-23(25(34)35)22(18)38-21(31)8-4-13-2-6-15(27)17(29)10-13/h1-11,18,22-23,26-29H,(H,32,33)(H,34,35). The third-order valence-corrected chi connectivity index (χ3v) is 4.97. The van der Waals surface area contributed by atoms with Crippen molar-refractivity contribution in [2.24, 2.45) is 0 Å². The molecule has 198 valence electrons. The van der Waals surface area contributed by atoms with Crippen molar-refractivity contribution in [1.82, 2.24) is 0 Å². The second kappa shape index (κ2) is 11.5. The zero-order valence-corrected chi connectivity index (χ0v) is 19.1. The average molecular weight is 528 g/mol. The van der Waals surface area contributed by atoms with E-state index in [9.17, 15) is 49.8 Å². The first-order valence-electron chi connectivity index (χ1n) is 10.6. The molecule has 3 rings (SSSR count). The Kier molecular flexibility index (Phi) is 8.22. The minimum Gasteiger partial charge on any atom is -0.504 e. The fourth-order valence-electron chi connectivity index (χ4n) is 3.17. The first-order valence-corrected chi connectivity index (χ1v) is 10.6. The molecule has 2 aromatic carbocycles.